The average Bonchev–Trinajstić information content (AvgIpc) is 2.76. The van der Waals surface area contributed by atoms with Crippen LogP contribution in [-0.2, 0) is 4.79 Å². The molecule has 0 bridgehead atoms. The van der Waals surface area contributed by atoms with Crippen LogP contribution in [0.4, 0.5) is 5.69 Å². The molecule has 3 aromatic carbocycles. The number of benzene rings is 3. The molecule has 4 nitrogen and oxygen atoms in total. The van der Waals surface area contributed by atoms with Gasteiger partial charge in [0, 0.05) is 16.8 Å². The van der Waals surface area contributed by atoms with Gasteiger partial charge in [-0.2, -0.15) is 0 Å². The third-order valence-electron chi connectivity index (χ3n) is 4.56. The zero-order chi connectivity index (χ0) is 21.5. The molecule has 6 heteroatoms. The molecular weight excluding hydrogens is 419 g/mol. The van der Waals surface area contributed by atoms with Crippen LogP contribution in [0.15, 0.2) is 83.9 Å². The molecule has 1 amide bonds. The van der Waals surface area contributed by atoms with Gasteiger partial charge in [-0.3, -0.25) is 14.6 Å². The number of ketones is 1. The lowest BCUT2D eigenvalue weighted by Gasteiger charge is -2.18. The van der Waals surface area contributed by atoms with Crippen molar-refractivity contribution in [3.05, 3.63) is 100 Å². The summed E-state index contributed by atoms with van der Waals surface area (Å²) in [4.78, 5) is 30.5. The topological polar surface area (TPSA) is 58.5 Å². The van der Waals surface area contributed by atoms with Crippen LogP contribution in [0, 0.1) is 5.92 Å². The maximum Gasteiger partial charge on any atom is 0.236 e. The summed E-state index contributed by atoms with van der Waals surface area (Å²) in [5, 5.41) is 3.76. The number of hydrogen-bond acceptors (Lipinski definition) is 3. The molecule has 1 N–H and O–H groups in total. The molecule has 3 aromatic rings. The molecule has 0 aliphatic heterocycles. The van der Waals surface area contributed by atoms with Crippen molar-refractivity contribution in [2.75, 3.05) is 0 Å². The van der Waals surface area contributed by atoms with Crippen molar-refractivity contribution in [3.8, 4) is 0 Å². The first-order valence-electron chi connectivity index (χ1n) is 9.39. The summed E-state index contributed by atoms with van der Waals surface area (Å²) in [5.74, 6) is -2.00. The fraction of sp³-hybridized carbons (Fsp3) is 0.125. The summed E-state index contributed by atoms with van der Waals surface area (Å²) in [6, 6.07) is 22.7. The first-order valence-corrected chi connectivity index (χ1v) is 10.1. The van der Waals surface area contributed by atoms with Gasteiger partial charge in [-0.15, -0.1) is 0 Å². The van der Waals surface area contributed by atoms with Gasteiger partial charge in [0.25, 0.3) is 0 Å². The largest absolute Gasteiger partial charge is 0.349 e. The highest BCUT2D eigenvalue weighted by molar-refractivity contribution is 6.35. The maximum atomic E-state index is 13.1. The minimum atomic E-state index is -1.13. The molecule has 2 atom stereocenters. The lowest BCUT2D eigenvalue weighted by Crippen LogP contribution is -2.38. The Bertz CT molecular complexity index is 1050. The molecule has 0 radical (unpaired) electrons. The van der Waals surface area contributed by atoms with Crippen molar-refractivity contribution in [3.63, 3.8) is 0 Å². The fourth-order valence-electron chi connectivity index (χ4n) is 2.90. The average molecular weight is 439 g/mol. The van der Waals surface area contributed by atoms with Gasteiger partial charge < -0.3 is 5.32 Å². The number of halogens is 2. The Morgan fingerprint density at radius 3 is 2.20 bits per heavy atom. The molecule has 0 saturated carbocycles. The van der Waals surface area contributed by atoms with E-state index in [9.17, 15) is 9.59 Å². The van der Waals surface area contributed by atoms with Crippen molar-refractivity contribution in [1.29, 1.82) is 0 Å². The van der Waals surface area contributed by atoms with Crippen molar-refractivity contribution in [1.82, 2.24) is 5.32 Å². The Kier molecular flexibility index (Phi) is 7.39. The quantitative estimate of drug-likeness (QED) is 0.276. The van der Waals surface area contributed by atoms with E-state index in [1.807, 2.05) is 37.3 Å². The molecule has 0 aliphatic carbocycles. The molecule has 0 aliphatic rings. The summed E-state index contributed by atoms with van der Waals surface area (Å²) in [6.45, 7) is 1.86. The van der Waals surface area contributed by atoms with Crippen LogP contribution in [0.2, 0.25) is 10.0 Å². The van der Waals surface area contributed by atoms with E-state index in [4.69, 9.17) is 23.2 Å². The second kappa shape index (κ2) is 10.2. The molecule has 3 rings (SSSR count). The van der Waals surface area contributed by atoms with E-state index in [2.05, 4.69) is 10.3 Å². The normalized spacial score (nSPS) is 13.0. The van der Waals surface area contributed by atoms with Crippen LogP contribution in [0.5, 0.6) is 0 Å². The molecule has 0 aromatic heterocycles. The van der Waals surface area contributed by atoms with E-state index in [0.717, 1.165) is 5.56 Å². The highest BCUT2D eigenvalue weighted by atomic mass is 35.5. The number of Topliss-reactive ketones (excluding diaryl/α,β-unsaturated/α-hetero) is 1. The van der Waals surface area contributed by atoms with Crippen molar-refractivity contribution in [2.24, 2.45) is 10.9 Å². The summed E-state index contributed by atoms with van der Waals surface area (Å²) in [6.07, 6.45) is 1.35. The summed E-state index contributed by atoms with van der Waals surface area (Å²) < 4.78 is 0. The lowest BCUT2D eigenvalue weighted by atomic mass is 9.96. The number of amides is 1. The van der Waals surface area contributed by atoms with Gasteiger partial charge in [0.1, 0.15) is 5.92 Å². The summed E-state index contributed by atoms with van der Waals surface area (Å²) >= 11 is 12.1. The molecular formula is C24H20Cl2N2O2. The predicted octanol–water partition coefficient (Wildman–Crippen LogP) is 6.07. The fourth-order valence-corrected chi connectivity index (χ4v) is 3.25. The van der Waals surface area contributed by atoms with Crippen LogP contribution in [0.3, 0.4) is 0 Å². The smallest absolute Gasteiger partial charge is 0.236 e. The SMILES string of the molecule is CC(NC(=O)C(C=Nc1ccc(Cl)cc1)C(=O)c1ccccc1Cl)c1ccccc1. The van der Waals surface area contributed by atoms with Gasteiger partial charge in [0.2, 0.25) is 5.91 Å². The van der Waals surface area contributed by atoms with E-state index in [1.54, 1.807) is 48.5 Å². The number of aliphatic imine (C=N–C) groups is 1. The molecule has 152 valence electrons. The molecule has 0 fully saturated rings. The minimum absolute atomic E-state index is 0.272. The Hall–Kier alpha value is -2.95. The van der Waals surface area contributed by atoms with Crippen LogP contribution < -0.4 is 5.32 Å². The van der Waals surface area contributed by atoms with E-state index < -0.39 is 17.6 Å². The number of carbonyl (C=O) groups excluding carboxylic acids is 2. The van der Waals surface area contributed by atoms with E-state index >= 15 is 0 Å². The van der Waals surface area contributed by atoms with Gasteiger partial charge in [-0.25, -0.2) is 0 Å². The Labute approximate surface area is 185 Å². The number of nitrogens with zero attached hydrogens (tertiary/aromatic N) is 1. The first kappa shape index (κ1) is 21.8. The van der Waals surface area contributed by atoms with Crippen LogP contribution in [0.25, 0.3) is 0 Å². The van der Waals surface area contributed by atoms with Gasteiger partial charge in [-0.1, -0.05) is 65.7 Å². The monoisotopic (exact) mass is 438 g/mol. The second-order valence-corrected chi connectivity index (χ2v) is 7.56. The van der Waals surface area contributed by atoms with E-state index in [-0.39, 0.29) is 16.6 Å². The van der Waals surface area contributed by atoms with Crippen molar-refractivity contribution in [2.45, 2.75) is 13.0 Å². The molecule has 2 unspecified atom stereocenters. The zero-order valence-corrected chi connectivity index (χ0v) is 17.8. The van der Waals surface area contributed by atoms with Crippen molar-refractivity contribution >= 4 is 46.8 Å². The van der Waals surface area contributed by atoms with E-state index in [0.29, 0.717) is 10.7 Å². The van der Waals surface area contributed by atoms with Gasteiger partial charge in [0.05, 0.1) is 16.8 Å². The number of carbonyl (C=O) groups is 2. The summed E-state index contributed by atoms with van der Waals surface area (Å²) in [5.41, 5.74) is 1.79. The van der Waals surface area contributed by atoms with Crippen LogP contribution in [0.1, 0.15) is 28.9 Å². The molecule has 30 heavy (non-hydrogen) atoms. The number of hydrogen-bond donors (Lipinski definition) is 1. The summed E-state index contributed by atoms with van der Waals surface area (Å²) in [7, 11) is 0. The molecule has 0 spiro atoms. The number of rotatable bonds is 7. The predicted molar refractivity (Wildman–Crippen MR) is 122 cm³/mol. The third kappa shape index (κ3) is 5.56. The standard InChI is InChI=1S/C24H20Cl2N2O2/c1-16(17-7-3-2-4-8-17)28-24(30)21(15-27-19-13-11-18(25)12-14-19)23(29)20-9-5-6-10-22(20)26/h2-16,21H,1H3,(H,28,30). The van der Waals surface area contributed by atoms with Gasteiger partial charge in [0.15, 0.2) is 5.78 Å². The first-order chi connectivity index (χ1) is 14.5. The van der Waals surface area contributed by atoms with Gasteiger partial charge in [-0.05, 0) is 48.9 Å². The lowest BCUT2D eigenvalue weighted by molar-refractivity contribution is -0.122. The van der Waals surface area contributed by atoms with Crippen LogP contribution in [-0.4, -0.2) is 17.9 Å². The minimum Gasteiger partial charge on any atom is -0.349 e. The third-order valence-corrected chi connectivity index (χ3v) is 5.14. The van der Waals surface area contributed by atoms with Crippen molar-refractivity contribution < 1.29 is 9.59 Å². The zero-order valence-electron chi connectivity index (χ0n) is 16.3. The molecule has 0 saturated heterocycles. The van der Waals surface area contributed by atoms with E-state index in [1.165, 1.54) is 6.21 Å². The highest BCUT2D eigenvalue weighted by Gasteiger charge is 2.28. The van der Waals surface area contributed by atoms with Crippen LogP contribution >= 0.6 is 23.2 Å². The number of nitrogens with one attached hydrogen (secondary N) is 1. The Balaban J connectivity index is 1.88. The maximum absolute atomic E-state index is 13.1. The Morgan fingerprint density at radius 2 is 1.53 bits per heavy atom. The molecule has 0 heterocycles. The highest BCUT2D eigenvalue weighted by Crippen LogP contribution is 2.21. The van der Waals surface area contributed by atoms with Gasteiger partial charge >= 0.3 is 0 Å². The second-order valence-electron chi connectivity index (χ2n) is 6.72. The Morgan fingerprint density at radius 1 is 0.900 bits per heavy atom.